The van der Waals surface area contributed by atoms with E-state index >= 15 is 0 Å². The van der Waals surface area contributed by atoms with Gasteiger partial charge >= 0.3 is 0 Å². The van der Waals surface area contributed by atoms with E-state index in [0.717, 1.165) is 22.4 Å². The first-order valence-corrected chi connectivity index (χ1v) is 7.83. The van der Waals surface area contributed by atoms with Crippen molar-refractivity contribution in [3.8, 4) is 22.5 Å². The van der Waals surface area contributed by atoms with Crippen LogP contribution < -0.4 is 0 Å². The van der Waals surface area contributed by atoms with Gasteiger partial charge in [-0.05, 0) is 43.2 Å². The van der Waals surface area contributed by atoms with Gasteiger partial charge in [0.25, 0.3) is 0 Å². The molecule has 1 N–H and O–H groups in total. The van der Waals surface area contributed by atoms with Crippen molar-refractivity contribution in [2.45, 2.75) is 13.8 Å². The molecule has 0 aliphatic heterocycles. The Labute approximate surface area is 135 Å². The lowest BCUT2D eigenvalue weighted by Crippen LogP contribution is -1.85. The van der Waals surface area contributed by atoms with Crippen LogP contribution in [0.4, 0.5) is 0 Å². The Bertz CT molecular complexity index is 942. The summed E-state index contributed by atoms with van der Waals surface area (Å²) >= 11 is 0. The smallest absolute Gasteiger partial charge is 0.138 e. The number of hydrogen-bond donors (Lipinski definition) is 1. The van der Waals surface area contributed by atoms with Crippen LogP contribution >= 0.6 is 0 Å². The summed E-state index contributed by atoms with van der Waals surface area (Å²) in [5, 5.41) is 0. The molecule has 0 radical (unpaired) electrons. The SMILES string of the molecule is Cc1cc(C)cc(-c2cccc(-c3nc4ccccc4[nH]3)c2)c1. The Hall–Kier alpha value is -2.87. The topological polar surface area (TPSA) is 28.7 Å². The minimum atomic E-state index is 0.914. The molecular weight excluding hydrogens is 280 g/mol. The number of aromatic nitrogens is 2. The maximum atomic E-state index is 4.70. The molecule has 4 rings (SSSR count). The lowest BCUT2D eigenvalue weighted by Gasteiger charge is -2.07. The van der Waals surface area contributed by atoms with Gasteiger partial charge in [0.2, 0.25) is 0 Å². The van der Waals surface area contributed by atoms with E-state index in [1.54, 1.807) is 0 Å². The number of aromatic amines is 1. The number of aryl methyl sites for hydroxylation is 2. The van der Waals surface area contributed by atoms with Crippen molar-refractivity contribution < 1.29 is 0 Å². The van der Waals surface area contributed by atoms with Crippen molar-refractivity contribution in [1.82, 2.24) is 9.97 Å². The largest absolute Gasteiger partial charge is 0.338 e. The summed E-state index contributed by atoms with van der Waals surface area (Å²) in [6.07, 6.45) is 0. The normalized spacial score (nSPS) is 11.0. The molecule has 1 heterocycles. The molecule has 0 aliphatic rings. The first-order valence-electron chi connectivity index (χ1n) is 7.83. The highest BCUT2D eigenvalue weighted by molar-refractivity contribution is 5.80. The van der Waals surface area contributed by atoms with Gasteiger partial charge in [-0.3, -0.25) is 0 Å². The Morgan fingerprint density at radius 1 is 0.696 bits per heavy atom. The van der Waals surface area contributed by atoms with Crippen molar-refractivity contribution in [3.05, 3.63) is 77.9 Å². The molecule has 0 unspecified atom stereocenters. The number of hydrogen-bond acceptors (Lipinski definition) is 1. The lowest BCUT2D eigenvalue weighted by molar-refractivity contribution is 1.33. The van der Waals surface area contributed by atoms with E-state index in [2.05, 4.69) is 67.4 Å². The fourth-order valence-corrected chi connectivity index (χ4v) is 3.08. The molecule has 0 fully saturated rings. The highest BCUT2D eigenvalue weighted by Crippen LogP contribution is 2.27. The van der Waals surface area contributed by atoms with Crippen LogP contribution in [0.2, 0.25) is 0 Å². The van der Waals surface area contributed by atoms with E-state index in [0.29, 0.717) is 0 Å². The van der Waals surface area contributed by atoms with Gasteiger partial charge in [-0.25, -0.2) is 4.98 Å². The number of H-pyrrole nitrogens is 1. The highest BCUT2D eigenvalue weighted by atomic mass is 14.9. The third-order valence-electron chi connectivity index (χ3n) is 4.08. The Morgan fingerprint density at radius 2 is 1.43 bits per heavy atom. The van der Waals surface area contributed by atoms with Gasteiger partial charge in [-0.15, -0.1) is 0 Å². The van der Waals surface area contributed by atoms with Gasteiger partial charge < -0.3 is 4.98 Å². The van der Waals surface area contributed by atoms with E-state index < -0.39 is 0 Å². The summed E-state index contributed by atoms with van der Waals surface area (Å²) in [4.78, 5) is 8.10. The van der Waals surface area contributed by atoms with Crippen LogP contribution in [-0.4, -0.2) is 9.97 Å². The maximum absolute atomic E-state index is 4.70. The average molecular weight is 298 g/mol. The average Bonchev–Trinajstić information content (AvgIpc) is 2.98. The molecule has 2 heteroatoms. The van der Waals surface area contributed by atoms with Crippen molar-refractivity contribution in [1.29, 1.82) is 0 Å². The molecule has 4 aromatic rings. The number of nitrogens with one attached hydrogen (secondary N) is 1. The van der Waals surface area contributed by atoms with Crippen LogP contribution in [0.3, 0.4) is 0 Å². The van der Waals surface area contributed by atoms with Crippen LogP contribution in [0, 0.1) is 13.8 Å². The summed E-state index contributed by atoms with van der Waals surface area (Å²) in [5.74, 6) is 0.914. The number of benzene rings is 3. The third kappa shape index (κ3) is 2.64. The first-order chi connectivity index (χ1) is 11.2. The second-order valence-corrected chi connectivity index (χ2v) is 6.06. The predicted molar refractivity (Wildman–Crippen MR) is 96.4 cm³/mol. The van der Waals surface area contributed by atoms with Crippen LogP contribution in [0.1, 0.15) is 11.1 Å². The van der Waals surface area contributed by atoms with Gasteiger partial charge in [-0.2, -0.15) is 0 Å². The fourth-order valence-electron chi connectivity index (χ4n) is 3.08. The number of para-hydroxylation sites is 2. The van der Waals surface area contributed by atoms with Crippen molar-refractivity contribution in [2.75, 3.05) is 0 Å². The summed E-state index contributed by atoms with van der Waals surface area (Å²) in [6.45, 7) is 4.28. The van der Waals surface area contributed by atoms with E-state index in [1.807, 2.05) is 18.2 Å². The summed E-state index contributed by atoms with van der Waals surface area (Å²) < 4.78 is 0. The molecule has 23 heavy (non-hydrogen) atoms. The number of nitrogens with zero attached hydrogens (tertiary/aromatic N) is 1. The van der Waals surface area contributed by atoms with Crippen molar-refractivity contribution >= 4 is 11.0 Å². The summed E-state index contributed by atoms with van der Waals surface area (Å²) in [5.41, 5.74) is 8.22. The summed E-state index contributed by atoms with van der Waals surface area (Å²) in [7, 11) is 0. The molecular formula is C21H18N2. The molecule has 0 amide bonds. The zero-order chi connectivity index (χ0) is 15.8. The minimum absolute atomic E-state index is 0.914. The highest BCUT2D eigenvalue weighted by Gasteiger charge is 2.07. The quantitative estimate of drug-likeness (QED) is 0.519. The molecule has 0 saturated heterocycles. The summed E-state index contributed by atoms with van der Waals surface area (Å²) in [6, 6.07) is 23.3. The Kier molecular flexibility index (Phi) is 3.23. The zero-order valence-electron chi connectivity index (χ0n) is 13.3. The standard InChI is InChI=1S/C21H18N2/c1-14-10-15(2)12-18(11-14)16-6-5-7-17(13-16)21-22-19-8-3-4-9-20(19)23-21/h3-13H,1-2H3,(H,22,23). The van der Waals surface area contributed by atoms with Gasteiger partial charge in [0.1, 0.15) is 5.82 Å². The van der Waals surface area contributed by atoms with Crippen molar-refractivity contribution in [2.24, 2.45) is 0 Å². The zero-order valence-corrected chi connectivity index (χ0v) is 13.3. The monoisotopic (exact) mass is 298 g/mol. The van der Waals surface area contributed by atoms with Crippen LogP contribution in [0.25, 0.3) is 33.5 Å². The molecule has 1 aromatic heterocycles. The Morgan fingerprint density at radius 3 is 2.22 bits per heavy atom. The van der Waals surface area contributed by atoms with E-state index in [-0.39, 0.29) is 0 Å². The number of rotatable bonds is 2. The van der Waals surface area contributed by atoms with Crippen LogP contribution in [-0.2, 0) is 0 Å². The molecule has 0 bridgehead atoms. The van der Waals surface area contributed by atoms with Crippen LogP contribution in [0.5, 0.6) is 0 Å². The minimum Gasteiger partial charge on any atom is -0.338 e. The second kappa shape index (κ2) is 5.40. The number of imidazole rings is 1. The molecule has 0 spiro atoms. The fraction of sp³-hybridized carbons (Fsp3) is 0.0952. The maximum Gasteiger partial charge on any atom is 0.138 e. The second-order valence-electron chi connectivity index (χ2n) is 6.06. The third-order valence-corrected chi connectivity index (χ3v) is 4.08. The molecule has 2 nitrogen and oxygen atoms in total. The van der Waals surface area contributed by atoms with Gasteiger partial charge in [0, 0.05) is 5.56 Å². The van der Waals surface area contributed by atoms with E-state index in [9.17, 15) is 0 Å². The predicted octanol–water partition coefficient (Wildman–Crippen LogP) is 5.51. The van der Waals surface area contributed by atoms with Crippen LogP contribution in [0.15, 0.2) is 66.7 Å². The van der Waals surface area contributed by atoms with E-state index in [1.165, 1.54) is 22.3 Å². The van der Waals surface area contributed by atoms with Gasteiger partial charge in [0.15, 0.2) is 0 Å². The number of fused-ring (bicyclic) bond motifs is 1. The molecule has 0 aliphatic carbocycles. The van der Waals surface area contributed by atoms with Gasteiger partial charge in [0.05, 0.1) is 11.0 Å². The van der Waals surface area contributed by atoms with E-state index in [4.69, 9.17) is 4.98 Å². The van der Waals surface area contributed by atoms with Gasteiger partial charge in [-0.1, -0.05) is 59.7 Å². The van der Waals surface area contributed by atoms with Crippen molar-refractivity contribution in [3.63, 3.8) is 0 Å². The lowest BCUT2D eigenvalue weighted by atomic mass is 9.99. The molecule has 0 saturated carbocycles. The molecule has 112 valence electrons. The Balaban J connectivity index is 1.82. The first kappa shape index (κ1) is 13.8. The molecule has 0 atom stereocenters. The molecule has 3 aromatic carbocycles.